The summed E-state index contributed by atoms with van der Waals surface area (Å²) in [7, 11) is 5.05. The van der Waals surface area contributed by atoms with Crippen molar-refractivity contribution in [1.82, 2.24) is 4.90 Å². The Kier molecular flexibility index (Phi) is 7.83. The van der Waals surface area contributed by atoms with Gasteiger partial charge in [0.05, 0.1) is 20.8 Å². The molecule has 0 bridgehead atoms. The highest BCUT2D eigenvalue weighted by Gasteiger charge is 2.18. The predicted octanol–water partition coefficient (Wildman–Crippen LogP) is 2.04. The molecule has 0 aliphatic heterocycles. The van der Waals surface area contributed by atoms with Crippen LogP contribution in [0.1, 0.15) is 12.0 Å². The summed E-state index contributed by atoms with van der Waals surface area (Å²) in [6.45, 7) is 1.01. The number of amides is 2. The van der Waals surface area contributed by atoms with Gasteiger partial charge in [-0.05, 0) is 36.9 Å². The average Bonchev–Trinajstić information content (AvgIpc) is 2.68. The lowest BCUT2D eigenvalue weighted by atomic mass is 10.2. The molecule has 0 heterocycles. The minimum Gasteiger partial charge on any atom is -0.493 e. The van der Waals surface area contributed by atoms with Crippen LogP contribution in [-0.4, -0.2) is 51.1 Å². The summed E-state index contributed by atoms with van der Waals surface area (Å²) in [6, 6.07) is 14.9. The molecule has 150 valence electrons. The molecule has 0 atom stereocenters. The Hall–Kier alpha value is -3.06. The van der Waals surface area contributed by atoms with Gasteiger partial charge in [0.2, 0.25) is 11.8 Å². The molecule has 0 unspecified atom stereocenters. The monoisotopic (exact) mass is 385 g/mol. The molecule has 0 spiro atoms. The molecule has 2 rings (SSSR count). The quantitative estimate of drug-likeness (QED) is 0.677. The van der Waals surface area contributed by atoms with E-state index in [9.17, 15) is 9.59 Å². The number of hydrogen-bond acceptors (Lipinski definition) is 5. The molecule has 0 radical (unpaired) electrons. The number of anilines is 1. The van der Waals surface area contributed by atoms with Crippen LogP contribution in [0.15, 0.2) is 48.5 Å². The predicted molar refractivity (Wildman–Crippen MR) is 108 cm³/mol. The number of carbonyl (C=O) groups excluding carboxylic acids is 2. The van der Waals surface area contributed by atoms with E-state index in [0.29, 0.717) is 18.0 Å². The van der Waals surface area contributed by atoms with Crippen molar-refractivity contribution < 1.29 is 19.1 Å². The summed E-state index contributed by atoms with van der Waals surface area (Å²) in [5.41, 5.74) is 7.00. The third-order valence-electron chi connectivity index (χ3n) is 4.26. The molecule has 0 aliphatic rings. The van der Waals surface area contributed by atoms with Gasteiger partial charge < -0.3 is 20.1 Å². The lowest BCUT2D eigenvalue weighted by molar-refractivity contribution is -0.119. The smallest absolute Gasteiger partial charge is 0.241 e. The zero-order valence-corrected chi connectivity index (χ0v) is 16.6. The second-order valence-electron chi connectivity index (χ2n) is 6.46. The largest absolute Gasteiger partial charge is 0.493 e. The molecular formula is C21H27N3O4. The van der Waals surface area contributed by atoms with Crippen molar-refractivity contribution in [2.24, 2.45) is 5.73 Å². The van der Waals surface area contributed by atoms with Crippen molar-refractivity contribution in [3.63, 3.8) is 0 Å². The highest BCUT2D eigenvalue weighted by atomic mass is 16.5. The van der Waals surface area contributed by atoms with Crippen molar-refractivity contribution in [1.29, 1.82) is 0 Å². The van der Waals surface area contributed by atoms with Gasteiger partial charge in [-0.1, -0.05) is 24.3 Å². The molecule has 2 aromatic rings. The fourth-order valence-electron chi connectivity index (χ4n) is 2.89. The molecule has 0 fully saturated rings. The number of rotatable bonds is 10. The molecule has 0 saturated carbocycles. The van der Waals surface area contributed by atoms with Gasteiger partial charge in [0.1, 0.15) is 0 Å². The summed E-state index contributed by atoms with van der Waals surface area (Å²) in [5, 5.41) is 0. The van der Waals surface area contributed by atoms with Crippen LogP contribution < -0.4 is 20.1 Å². The number of methoxy groups -OCH3 is 2. The maximum absolute atomic E-state index is 12.9. The lowest BCUT2D eigenvalue weighted by Gasteiger charge is -2.25. The second kappa shape index (κ2) is 10.3. The zero-order valence-electron chi connectivity index (χ0n) is 16.6. The van der Waals surface area contributed by atoms with Crippen molar-refractivity contribution >= 4 is 17.5 Å². The number of para-hydroxylation sites is 1. The normalized spacial score (nSPS) is 10.6. The first-order chi connectivity index (χ1) is 13.4. The summed E-state index contributed by atoms with van der Waals surface area (Å²) >= 11 is 0. The average molecular weight is 385 g/mol. The lowest BCUT2D eigenvalue weighted by Crippen LogP contribution is -2.40. The number of hydrogen-bond donors (Lipinski definition) is 1. The van der Waals surface area contributed by atoms with Crippen LogP contribution in [0.3, 0.4) is 0 Å². The molecule has 2 N–H and O–H groups in total. The van der Waals surface area contributed by atoms with E-state index in [1.54, 1.807) is 19.1 Å². The first kappa shape index (κ1) is 21.2. The van der Waals surface area contributed by atoms with E-state index < -0.39 is 5.91 Å². The Morgan fingerprint density at radius 2 is 1.68 bits per heavy atom. The van der Waals surface area contributed by atoms with E-state index in [2.05, 4.69) is 0 Å². The van der Waals surface area contributed by atoms with Gasteiger partial charge in [-0.3, -0.25) is 14.5 Å². The minimum atomic E-state index is -0.438. The van der Waals surface area contributed by atoms with Gasteiger partial charge in [0, 0.05) is 25.2 Å². The van der Waals surface area contributed by atoms with E-state index in [1.807, 2.05) is 60.5 Å². The minimum absolute atomic E-state index is 0.101. The second-order valence-corrected chi connectivity index (χ2v) is 6.46. The summed E-state index contributed by atoms with van der Waals surface area (Å²) < 4.78 is 10.6. The molecule has 0 saturated heterocycles. The van der Waals surface area contributed by atoms with Crippen molar-refractivity contribution in [3.05, 3.63) is 54.1 Å². The molecule has 28 heavy (non-hydrogen) atoms. The number of likely N-dealkylation sites (N-methyl/N-ethyl adjacent to an activating group) is 1. The van der Waals surface area contributed by atoms with Crippen molar-refractivity contribution in [2.75, 3.05) is 39.3 Å². The molecule has 0 aromatic heterocycles. The van der Waals surface area contributed by atoms with Crippen LogP contribution in [0.2, 0.25) is 0 Å². The Bertz CT molecular complexity index is 795. The van der Waals surface area contributed by atoms with Crippen molar-refractivity contribution in [3.8, 4) is 11.5 Å². The molecule has 0 aliphatic carbocycles. The number of nitrogens with zero attached hydrogens (tertiary/aromatic N) is 2. The Morgan fingerprint density at radius 3 is 2.29 bits per heavy atom. The number of nitrogens with two attached hydrogens (primary N) is 1. The van der Waals surface area contributed by atoms with Crippen LogP contribution in [0, 0.1) is 0 Å². The van der Waals surface area contributed by atoms with Crippen LogP contribution in [0.25, 0.3) is 0 Å². The summed E-state index contributed by atoms with van der Waals surface area (Å²) in [6.07, 6.45) is 0.111. The number of carbonyl (C=O) groups is 2. The summed E-state index contributed by atoms with van der Waals surface area (Å²) in [4.78, 5) is 27.6. The van der Waals surface area contributed by atoms with Crippen LogP contribution in [-0.2, 0) is 16.1 Å². The molecule has 7 heteroatoms. The Balaban J connectivity index is 2.06. The van der Waals surface area contributed by atoms with Crippen LogP contribution in [0.4, 0.5) is 5.69 Å². The molecular weight excluding hydrogens is 358 g/mol. The highest BCUT2D eigenvalue weighted by molar-refractivity contribution is 5.95. The van der Waals surface area contributed by atoms with Gasteiger partial charge in [-0.15, -0.1) is 0 Å². The maximum atomic E-state index is 12.9. The van der Waals surface area contributed by atoms with Gasteiger partial charge in [0.15, 0.2) is 11.5 Å². The SMILES string of the molecule is COc1ccc(CN(C)CC(=O)N(CCC(N)=O)c2ccccc2)cc1OC. The maximum Gasteiger partial charge on any atom is 0.241 e. The third-order valence-corrected chi connectivity index (χ3v) is 4.26. The fourth-order valence-corrected chi connectivity index (χ4v) is 2.89. The Labute approximate surface area is 165 Å². The van der Waals surface area contributed by atoms with Crippen LogP contribution in [0.5, 0.6) is 11.5 Å². The summed E-state index contributed by atoms with van der Waals surface area (Å²) in [5.74, 6) is 0.765. The van der Waals surface area contributed by atoms with Crippen molar-refractivity contribution in [2.45, 2.75) is 13.0 Å². The van der Waals surface area contributed by atoms with E-state index in [4.69, 9.17) is 15.2 Å². The molecule has 7 nitrogen and oxygen atoms in total. The topological polar surface area (TPSA) is 85.1 Å². The van der Waals surface area contributed by atoms with E-state index >= 15 is 0 Å². The number of primary amides is 1. The first-order valence-corrected chi connectivity index (χ1v) is 8.97. The van der Waals surface area contributed by atoms with Gasteiger partial charge in [0.25, 0.3) is 0 Å². The number of ether oxygens (including phenoxy) is 2. The van der Waals surface area contributed by atoms with E-state index in [0.717, 1.165) is 11.3 Å². The van der Waals surface area contributed by atoms with Gasteiger partial charge in [-0.25, -0.2) is 0 Å². The van der Waals surface area contributed by atoms with E-state index in [-0.39, 0.29) is 25.4 Å². The van der Waals surface area contributed by atoms with Gasteiger partial charge in [-0.2, -0.15) is 0 Å². The fraction of sp³-hybridized carbons (Fsp3) is 0.333. The number of benzene rings is 2. The van der Waals surface area contributed by atoms with Gasteiger partial charge >= 0.3 is 0 Å². The molecule has 2 aromatic carbocycles. The zero-order chi connectivity index (χ0) is 20.5. The standard InChI is InChI=1S/C21H27N3O4/c1-23(14-16-9-10-18(27-2)19(13-16)28-3)15-21(26)24(12-11-20(22)25)17-7-5-4-6-8-17/h4-10,13H,11-12,14-15H2,1-3H3,(H2,22,25). The molecule has 2 amide bonds. The van der Waals surface area contributed by atoms with E-state index in [1.165, 1.54) is 0 Å². The third kappa shape index (κ3) is 5.99. The first-order valence-electron chi connectivity index (χ1n) is 8.97. The van der Waals surface area contributed by atoms with Crippen LogP contribution >= 0.6 is 0 Å². The Morgan fingerprint density at radius 1 is 1.00 bits per heavy atom. The highest BCUT2D eigenvalue weighted by Crippen LogP contribution is 2.28.